The van der Waals surface area contributed by atoms with E-state index in [-0.39, 0.29) is 25.4 Å². The van der Waals surface area contributed by atoms with Crippen LogP contribution >= 0.6 is 0 Å². The summed E-state index contributed by atoms with van der Waals surface area (Å²) in [5.74, 6) is 5.73. The first kappa shape index (κ1) is 19.2. The Bertz CT molecular complexity index is 890. The molecule has 0 radical (unpaired) electrons. The number of nitrogens with zero attached hydrogens (tertiary/aromatic N) is 2. The molecule has 7 nitrogen and oxygen atoms in total. The average molecular weight is 354 g/mol. The molecular formula is C19H22N4O3. The Morgan fingerprint density at radius 2 is 1.96 bits per heavy atom. The maximum absolute atomic E-state index is 11.8. The number of amides is 1. The number of benzene rings is 1. The van der Waals surface area contributed by atoms with E-state index in [1.165, 1.54) is 22.4 Å². The lowest BCUT2D eigenvalue weighted by molar-refractivity contribution is -0.121. The molecule has 2 N–H and O–H groups in total. The van der Waals surface area contributed by atoms with E-state index in [1.54, 1.807) is 0 Å². The van der Waals surface area contributed by atoms with E-state index in [9.17, 15) is 14.4 Å². The summed E-state index contributed by atoms with van der Waals surface area (Å²) in [5, 5.41) is 2.69. The molecule has 0 bridgehead atoms. The molecule has 26 heavy (non-hydrogen) atoms. The van der Waals surface area contributed by atoms with Gasteiger partial charge in [-0.3, -0.25) is 19.5 Å². The number of aryl methyl sites for hydroxylation is 1. The fourth-order valence-corrected chi connectivity index (χ4v) is 2.28. The van der Waals surface area contributed by atoms with Gasteiger partial charge in [0.1, 0.15) is 0 Å². The summed E-state index contributed by atoms with van der Waals surface area (Å²) in [6.45, 7) is 1.89. The van der Waals surface area contributed by atoms with Gasteiger partial charge in [-0.15, -0.1) is 0 Å². The highest BCUT2D eigenvalue weighted by molar-refractivity contribution is 5.76. The van der Waals surface area contributed by atoms with Crippen LogP contribution in [0.5, 0.6) is 0 Å². The minimum atomic E-state index is -0.522. The number of carbonyl (C=O) groups excluding carboxylic acids is 1. The zero-order chi connectivity index (χ0) is 18.8. The van der Waals surface area contributed by atoms with Gasteiger partial charge in [0.25, 0.3) is 5.56 Å². The summed E-state index contributed by atoms with van der Waals surface area (Å²) in [7, 11) is 1.99. The molecular weight excluding hydrogens is 332 g/mol. The lowest BCUT2D eigenvalue weighted by Crippen LogP contribution is -2.31. The molecule has 1 aromatic heterocycles. The summed E-state index contributed by atoms with van der Waals surface area (Å²) in [4.78, 5) is 38.5. The molecule has 0 saturated carbocycles. The van der Waals surface area contributed by atoms with Crippen molar-refractivity contribution in [2.75, 3.05) is 20.1 Å². The first-order valence-corrected chi connectivity index (χ1v) is 8.29. The fourth-order valence-electron chi connectivity index (χ4n) is 2.28. The van der Waals surface area contributed by atoms with Crippen molar-refractivity contribution in [1.29, 1.82) is 0 Å². The van der Waals surface area contributed by atoms with Crippen LogP contribution in [0.3, 0.4) is 0 Å². The van der Waals surface area contributed by atoms with Crippen LogP contribution in [0.15, 0.2) is 52.2 Å². The number of H-pyrrole nitrogens is 1. The summed E-state index contributed by atoms with van der Waals surface area (Å²) >= 11 is 0. The second-order valence-electron chi connectivity index (χ2n) is 5.84. The van der Waals surface area contributed by atoms with E-state index in [2.05, 4.69) is 39.2 Å². The van der Waals surface area contributed by atoms with Crippen LogP contribution in [0.4, 0.5) is 0 Å². The molecule has 0 saturated heterocycles. The van der Waals surface area contributed by atoms with Gasteiger partial charge in [-0.05, 0) is 12.6 Å². The van der Waals surface area contributed by atoms with Crippen molar-refractivity contribution in [2.24, 2.45) is 0 Å². The van der Waals surface area contributed by atoms with Gasteiger partial charge in [-0.1, -0.05) is 42.2 Å². The van der Waals surface area contributed by atoms with E-state index >= 15 is 0 Å². The quantitative estimate of drug-likeness (QED) is 0.695. The predicted octanol–water partition coefficient (Wildman–Crippen LogP) is 0.178. The molecule has 7 heteroatoms. The van der Waals surface area contributed by atoms with Crippen LogP contribution in [-0.2, 0) is 17.9 Å². The third kappa shape index (κ3) is 6.79. The molecule has 0 fully saturated rings. The molecule has 1 heterocycles. The number of nitrogens with one attached hydrogen (secondary N) is 2. The van der Waals surface area contributed by atoms with E-state index in [1.807, 2.05) is 25.2 Å². The van der Waals surface area contributed by atoms with Gasteiger partial charge < -0.3 is 9.88 Å². The van der Waals surface area contributed by atoms with E-state index in [0.29, 0.717) is 6.54 Å². The normalized spacial score (nSPS) is 10.2. The molecule has 0 aliphatic heterocycles. The van der Waals surface area contributed by atoms with Gasteiger partial charge in [0.15, 0.2) is 0 Å². The largest absolute Gasteiger partial charge is 0.345 e. The molecule has 0 spiro atoms. The predicted molar refractivity (Wildman–Crippen MR) is 99.5 cm³/mol. The Labute approximate surface area is 151 Å². The number of hydrogen-bond donors (Lipinski definition) is 2. The monoisotopic (exact) mass is 354 g/mol. The fraction of sp³-hybridized carbons (Fsp3) is 0.316. The number of hydrogen-bond acceptors (Lipinski definition) is 4. The lowest BCUT2D eigenvalue weighted by Gasteiger charge is -2.12. The molecule has 1 amide bonds. The highest BCUT2D eigenvalue weighted by Crippen LogP contribution is 2.01. The molecule has 136 valence electrons. The maximum atomic E-state index is 11.8. The second-order valence-corrected chi connectivity index (χ2v) is 5.84. The van der Waals surface area contributed by atoms with Crippen molar-refractivity contribution in [1.82, 2.24) is 19.8 Å². The van der Waals surface area contributed by atoms with Crippen LogP contribution < -0.4 is 16.6 Å². The SMILES string of the molecule is CN(CC#CCNC(=O)CCn1ccc(=O)[nH]c1=O)Cc1ccccc1. The van der Waals surface area contributed by atoms with E-state index < -0.39 is 11.2 Å². The summed E-state index contributed by atoms with van der Waals surface area (Å²) < 4.78 is 1.28. The van der Waals surface area contributed by atoms with E-state index in [0.717, 1.165) is 6.54 Å². The Balaban J connectivity index is 1.66. The summed E-state index contributed by atoms with van der Waals surface area (Å²) in [6, 6.07) is 11.4. The summed E-state index contributed by atoms with van der Waals surface area (Å²) in [6.07, 6.45) is 1.51. The highest BCUT2D eigenvalue weighted by atomic mass is 16.2. The molecule has 0 atom stereocenters. The molecule has 0 aliphatic rings. The molecule has 1 aromatic carbocycles. The number of aromatic amines is 1. The minimum absolute atomic E-state index is 0.140. The second kappa shape index (κ2) is 10.0. The van der Waals surface area contributed by atoms with Crippen molar-refractivity contribution in [3.8, 4) is 11.8 Å². The van der Waals surface area contributed by atoms with Gasteiger partial charge in [0.05, 0.1) is 13.1 Å². The summed E-state index contributed by atoms with van der Waals surface area (Å²) in [5.41, 5.74) is 0.248. The Morgan fingerprint density at radius 3 is 2.69 bits per heavy atom. The van der Waals surface area contributed by atoms with Crippen molar-refractivity contribution in [3.05, 3.63) is 69.0 Å². The van der Waals surface area contributed by atoms with Crippen LogP contribution in [0.1, 0.15) is 12.0 Å². The van der Waals surface area contributed by atoms with Crippen molar-refractivity contribution in [3.63, 3.8) is 0 Å². The third-order valence-corrected chi connectivity index (χ3v) is 3.62. The molecule has 0 aliphatic carbocycles. The molecule has 2 aromatic rings. The number of carbonyl (C=O) groups is 1. The highest BCUT2D eigenvalue weighted by Gasteiger charge is 2.02. The van der Waals surface area contributed by atoms with Gasteiger partial charge in [-0.2, -0.15) is 0 Å². The topological polar surface area (TPSA) is 87.2 Å². The maximum Gasteiger partial charge on any atom is 0.328 e. The van der Waals surface area contributed by atoms with Crippen molar-refractivity contribution in [2.45, 2.75) is 19.5 Å². The smallest absolute Gasteiger partial charge is 0.328 e. The Morgan fingerprint density at radius 1 is 1.19 bits per heavy atom. The standard InChI is InChI=1S/C19H22N4O3/c1-22(15-16-7-3-2-4-8-16)12-6-5-11-20-17(24)9-13-23-14-10-18(25)21-19(23)26/h2-4,7-8,10,14H,9,11-13,15H2,1H3,(H,20,24)(H,21,25,26). The van der Waals surface area contributed by atoms with Crippen LogP contribution in [-0.4, -0.2) is 40.5 Å². The van der Waals surface area contributed by atoms with Gasteiger partial charge >= 0.3 is 5.69 Å². The Kier molecular flexibility index (Phi) is 7.40. The number of rotatable bonds is 7. The van der Waals surface area contributed by atoms with Crippen LogP contribution in [0, 0.1) is 11.8 Å². The number of aromatic nitrogens is 2. The zero-order valence-corrected chi connectivity index (χ0v) is 14.7. The Hall–Kier alpha value is -3.11. The van der Waals surface area contributed by atoms with Crippen molar-refractivity contribution >= 4 is 5.91 Å². The molecule has 0 unspecified atom stereocenters. The van der Waals surface area contributed by atoms with Crippen LogP contribution in [0.25, 0.3) is 0 Å². The molecule has 2 rings (SSSR count). The lowest BCUT2D eigenvalue weighted by atomic mass is 10.2. The minimum Gasteiger partial charge on any atom is -0.345 e. The van der Waals surface area contributed by atoms with E-state index in [4.69, 9.17) is 0 Å². The first-order valence-electron chi connectivity index (χ1n) is 8.29. The van der Waals surface area contributed by atoms with Gasteiger partial charge in [0, 0.05) is 31.8 Å². The first-order chi connectivity index (χ1) is 12.5. The van der Waals surface area contributed by atoms with Crippen LogP contribution in [0.2, 0.25) is 0 Å². The zero-order valence-electron chi connectivity index (χ0n) is 14.7. The van der Waals surface area contributed by atoms with Gasteiger partial charge in [0.2, 0.25) is 5.91 Å². The van der Waals surface area contributed by atoms with Crippen molar-refractivity contribution < 1.29 is 4.79 Å². The van der Waals surface area contributed by atoms with Gasteiger partial charge in [-0.25, -0.2) is 4.79 Å². The average Bonchev–Trinajstić information content (AvgIpc) is 2.61. The third-order valence-electron chi connectivity index (χ3n) is 3.62.